The maximum atomic E-state index is 12.9. The third-order valence-corrected chi connectivity index (χ3v) is 4.88. The fraction of sp³-hybridized carbons (Fsp3) is 0.400. The lowest BCUT2D eigenvalue weighted by Gasteiger charge is -2.26. The van der Waals surface area contributed by atoms with E-state index >= 15 is 0 Å². The topological polar surface area (TPSA) is 86.6 Å². The first-order valence-electron chi connectivity index (χ1n) is 4.95. The Morgan fingerprint density at radius 3 is 2.39 bits per heavy atom. The number of rotatable bonds is 5. The highest BCUT2D eigenvalue weighted by atomic mass is 79.9. The minimum absolute atomic E-state index is 0.0632. The summed E-state index contributed by atoms with van der Waals surface area (Å²) in [6.45, 7) is 0.213. The number of benzene rings is 1. The van der Waals surface area contributed by atoms with E-state index in [-0.39, 0.29) is 9.37 Å². The van der Waals surface area contributed by atoms with E-state index in [1.807, 2.05) is 0 Å². The third-order valence-electron chi connectivity index (χ3n) is 2.26. The smallest absolute Gasteiger partial charge is 0.242 e. The molecule has 0 amide bonds. The van der Waals surface area contributed by atoms with E-state index in [2.05, 4.69) is 20.7 Å². The van der Waals surface area contributed by atoms with Gasteiger partial charge in [0.25, 0.3) is 0 Å². The number of sulfonamides is 1. The van der Waals surface area contributed by atoms with Gasteiger partial charge >= 0.3 is 0 Å². The molecule has 0 aliphatic carbocycles. The Morgan fingerprint density at radius 1 is 1.39 bits per heavy atom. The predicted octanol–water partition coefficient (Wildman–Crippen LogP) is 0.610. The quantitative estimate of drug-likeness (QED) is 0.732. The summed E-state index contributed by atoms with van der Waals surface area (Å²) in [6.07, 6.45) is 0. The van der Waals surface area contributed by atoms with Crippen molar-refractivity contribution in [2.45, 2.75) is 17.4 Å². The van der Waals surface area contributed by atoms with Gasteiger partial charge in [0.1, 0.15) is 5.82 Å². The van der Waals surface area contributed by atoms with Gasteiger partial charge in [-0.2, -0.15) is 0 Å². The van der Waals surface area contributed by atoms with Crippen LogP contribution >= 0.6 is 15.9 Å². The molecule has 8 heteroatoms. The van der Waals surface area contributed by atoms with Crippen LogP contribution < -0.4 is 4.72 Å². The molecule has 0 heterocycles. The van der Waals surface area contributed by atoms with E-state index in [9.17, 15) is 12.8 Å². The summed E-state index contributed by atoms with van der Waals surface area (Å²) < 4.78 is 39.1. The van der Waals surface area contributed by atoms with E-state index < -0.39 is 34.6 Å². The first-order chi connectivity index (χ1) is 8.24. The van der Waals surface area contributed by atoms with Gasteiger partial charge in [-0.05, 0) is 41.1 Å². The van der Waals surface area contributed by atoms with Crippen molar-refractivity contribution in [3.05, 3.63) is 28.5 Å². The number of aliphatic hydroxyl groups is 2. The van der Waals surface area contributed by atoms with E-state index in [0.29, 0.717) is 0 Å². The molecule has 18 heavy (non-hydrogen) atoms. The van der Waals surface area contributed by atoms with Crippen LogP contribution in [0.3, 0.4) is 0 Å². The van der Waals surface area contributed by atoms with Crippen LogP contribution in [0.5, 0.6) is 0 Å². The highest BCUT2D eigenvalue weighted by Crippen LogP contribution is 2.23. The van der Waals surface area contributed by atoms with Crippen LogP contribution in [0.25, 0.3) is 0 Å². The average Bonchev–Trinajstić information content (AvgIpc) is 2.27. The van der Waals surface area contributed by atoms with Crippen molar-refractivity contribution < 1.29 is 23.0 Å². The van der Waals surface area contributed by atoms with Crippen LogP contribution in [0.2, 0.25) is 0 Å². The van der Waals surface area contributed by atoms with Crippen LogP contribution in [-0.4, -0.2) is 37.4 Å². The molecule has 5 nitrogen and oxygen atoms in total. The largest absolute Gasteiger partial charge is 0.394 e. The van der Waals surface area contributed by atoms with Crippen LogP contribution in [0.4, 0.5) is 4.39 Å². The van der Waals surface area contributed by atoms with Crippen molar-refractivity contribution in [3.8, 4) is 0 Å². The first kappa shape index (κ1) is 15.5. The molecular weight excluding hydrogens is 329 g/mol. The summed E-state index contributed by atoms with van der Waals surface area (Å²) in [5, 5.41) is 18.1. The Labute approximate surface area is 113 Å². The molecule has 102 valence electrons. The van der Waals surface area contributed by atoms with Crippen LogP contribution in [0.15, 0.2) is 27.6 Å². The predicted molar refractivity (Wildman–Crippen MR) is 67.0 cm³/mol. The lowest BCUT2D eigenvalue weighted by molar-refractivity contribution is 0.121. The SMILES string of the molecule is CC(CO)(CO)NS(=O)(=O)c1ccc(F)cc1Br. The molecule has 0 atom stereocenters. The highest BCUT2D eigenvalue weighted by Gasteiger charge is 2.30. The number of nitrogens with one attached hydrogen (secondary N) is 1. The molecular formula is C10H13BrFNO4S. The van der Waals surface area contributed by atoms with Gasteiger partial charge < -0.3 is 10.2 Å². The van der Waals surface area contributed by atoms with Crippen molar-refractivity contribution >= 4 is 26.0 Å². The number of hydrogen-bond donors (Lipinski definition) is 3. The number of aliphatic hydroxyl groups excluding tert-OH is 2. The van der Waals surface area contributed by atoms with Crippen molar-refractivity contribution in [2.24, 2.45) is 0 Å². The minimum Gasteiger partial charge on any atom is -0.394 e. The van der Waals surface area contributed by atoms with E-state index in [1.165, 1.54) is 6.92 Å². The second-order valence-electron chi connectivity index (χ2n) is 4.06. The van der Waals surface area contributed by atoms with Gasteiger partial charge in [0.15, 0.2) is 0 Å². The van der Waals surface area contributed by atoms with Gasteiger partial charge in [-0.3, -0.25) is 0 Å². The van der Waals surface area contributed by atoms with Gasteiger partial charge in [0.05, 0.1) is 23.6 Å². The van der Waals surface area contributed by atoms with Gasteiger partial charge in [0.2, 0.25) is 10.0 Å². The zero-order chi connectivity index (χ0) is 14.0. The van der Waals surface area contributed by atoms with E-state index in [0.717, 1.165) is 18.2 Å². The maximum Gasteiger partial charge on any atom is 0.242 e. The lowest BCUT2D eigenvalue weighted by Crippen LogP contribution is -2.51. The minimum atomic E-state index is -3.97. The van der Waals surface area contributed by atoms with Crippen molar-refractivity contribution in [3.63, 3.8) is 0 Å². The van der Waals surface area contributed by atoms with Crippen LogP contribution in [-0.2, 0) is 10.0 Å². The first-order valence-corrected chi connectivity index (χ1v) is 7.22. The Balaban J connectivity index is 3.15. The van der Waals surface area contributed by atoms with Crippen molar-refractivity contribution in [1.82, 2.24) is 4.72 Å². The zero-order valence-corrected chi connectivity index (χ0v) is 11.9. The molecule has 1 rings (SSSR count). The molecule has 0 fully saturated rings. The lowest BCUT2D eigenvalue weighted by atomic mass is 10.1. The summed E-state index contributed by atoms with van der Waals surface area (Å²) >= 11 is 2.95. The second-order valence-corrected chi connectivity index (χ2v) is 6.56. The maximum absolute atomic E-state index is 12.9. The van der Waals surface area contributed by atoms with Crippen molar-refractivity contribution in [1.29, 1.82) is 0 Å². The molecule has 0 bridgehead atoms. The summed E-state index contributed by atoms with van der Waals surface area (Å²) in [6, 6.07) is 3.12. The Kier molecular flexibility index (Phi) is 4.84. The normalized spacial score (nSPS) is 12.7. The summed E-state index contributed by atoms with van der Waals surface area (Å²) in [5.41, 5.74) is -1.38. The molecule has 0 saturated carbocycles. The molecule has 0 spiro atoms. The molecule has 3 N–H and O–H groups in total. The Bertz CT molecular complexity index is 531. The third kappa shape index (κ3) is 3.48. The van der Waals surface area contributed by atoms with E-state index in [4.69, 9.17) is 10.2 Å². The monoisotopic (exact) mass is 341 g/mol. The summed E-state index contributed by atoms with van der Waals surface area (Å²) in [4.78, 5) is -0.169. The fourth-order valence-corrected chi connectivity index (χ4v) is 3.63. The molecule has 1 aromatic rings. The van der Waals surface area contributed by atoms with Gasteiger partial charge in [-0.15, -0.1) is 0 Å². The molecule has 0 aliphatic heterocycles. The molecule has 1 aromatic carbocycles. The second kappa shape index (κ2) is 5.62. The number of hydrogen-bond acceptors (Lipinski definition) is 4. The average molecular weight is 342 g/mol. The number of halogens is 2. The molecule has 0 aromatic heterocycles. The molecule has 0 unspecified atom stereocenters. The van der Waals surface area contributed by atoms with E-state index in [1.54, 1.807) is 0 Å². The molecule has 0 aliphatic rings. The molecule has 0 radical (unpaired) electrons. The van der Waals surface area contributed by atoms with Crippen LogP contribution in [0, 0.1) is 5.82 Å². The van der Waals surface area contributed by atoms with Gasteiger partial charge in [0, 0.05) is 4.47 Å². The summed E-state index contributed by atoms with van der Waals surface area (Å²) in [5.74, 6) is -0.576. The Hall–Kier alpha value is -0.540. The standard InChI is InChI=1S/C10H13BrFNO4S/c1-10(5-14,6-15)13-18(16,17)9-3-2-7(12)4-8(9)11/h2-4,13-15H,5-6H2,1H3. The van der Waals surface area contributed by atoms with Crippen molar-refractivity contribution in [2.75, 3.05) is 13.2 Å². The Morgan fingerprint density at radius 2 is 1.94 bits per heavy atom. The fourth-order valence-electron chi connectivity index (χ4n) is 1.19. The highest BCUT2D eigenvalue weighted by molar-refractivity contribution is 9.10. The summed E-state index contributed by atoms with van der Waals surface area (Å²) in [7, 11) is -3.97. The van der Waals surface area contributed by atoms with Gasteiger partial charge in [-0.25, -0.2) is 17.5 Å². The van der Waals surface area contributed by atoms with Gasteiger partial charge in [-0.1, -0.05) is 0 Å². The molecule has 0 saturated heterocycles. The zero-order valence-electron chi connectivity index (χ0n) is 9.52. The van der Waals surface area contributed by atoms with Crippen LogP contribution in [0.1, 0.15) is 6.92 Å².